The number of benzene rings is 2. The minimum Gasteiger partial charge on any atom is -0.460 e. The van der Waals surface area contributed by atoms with Crippen LogP contribution in [0.15, 0.2) is 60.7 Å². The second kappa shape index (κ2) is 13.4. The average Bonchev–Trinajstić information content (AvgIpc) is 3.17. The highest BCUT2D eigenvalue weighted by Gasteiger charge is 2.49. The smallest absolute Gasteiger partial charge is 0.308 e. The van der Waals surface area contributed by atoms with Crippen molar-refractivity contribution in [2.75, 3.05) is 6.61 Å². The van der Waals surface area contributed by atoms with E-state index in [2.05, 4.69) is 81.4 Å². The van der Waals surface area contributed by atoms with E-state index in [9.17, 15) is 9.90 Å². The van der Waals surface area contributed by atoms with Gasteiger partial charge in [0.05, 0.1) is 6.42 Å². The molecule has 3 rings (SSSR count). The first-order chi connectivity index (χ1) is 16.8. The van der Waals surface area contributed by atoms with Gasteiger partial charge in [0.25, 0.3) is 8.32 Å². The molecule has 5 heteroatoms. The van der Waals surface area contributed by atoms with Crippen LogP contribution in [0.3, 0.4) is 0 Å². The van der Waals surface area contributed by atoms with E-state index in [1.54, 1.807) is 0 Å². The molecule has 0 aromatic heterocycles. The van der Waals surface area contributed by atoms with Crippen molar-refractivity contribution in [1.29, 1.82) is 0 Å². The normalized spacial score (nSPS) is 18.6. The van der Waals surface area contributed by atoms with Crippen LogP contribution in [0.4, 0.5) is 0 Å². The van der Waals surface area contributed by atoms with E-state index in [1.807, 2.05) is 0 Å². The summed E-state index contributed by atoms with van der Waals surface area (Å²) in [5, 5.41) is 12.5. The zero-order valence-corrected chi connectivity index (χ0v) is 22.9. The fraction of sp³-hybridized carbons (Fsp3) is 0.567. The van der Waals surface area contributed by atoms with E-state index in [4.69, 9.17) is 9.16 Å². The third-order valence-corrected chi connectivity index (χ3v) is 12.2. The molecule has 2 aromatic rings. The number of cyclic esters (lactones) is 1. The standard InChI is InChI=1S/C30H44O4Si/c1-30(2,3)35(25-18-12-10-13-19-25,26-20-14-11-15-21-26)33-23-17-9-7-5-4-6-8-16-22-28-27(31)24-29(32)34-28/h10-15,18-21,27-28,31H,4-9,16-17,22-24H2,1-3H3/t27-,28-/m0/s1. The van der Waals surface area contributed by atoms with Crippen molar-refractivity contribution in [2.24, 2.45) is 0 Å². The molecule has 0 amide bonds. The van der Waals surface area contributed by atoms with Gasteiger partial charge in [0.1, 0.15) is 12.2 Å². The van der Waals surface area contributed by atoms with E-state index >= 15 is 0 Å². The van der Waals surface area contributed by atoms with Gasteiger partial charge in [-0.2, -0.15) is 0 Å². The summed E-state index contributed by atoms with van der Waals surface area (Å²) in [6.45, 7) is 7.79. The van der Waals surface area contributed by atoms with Crippen molar-refractivity contribution >= 4 is 24.7 Å². The van der Waals surface area contributed by atoms with Crippen LogP contribution in [0.2, 0.25) is 5.04 Å². The predicted octanol–water partition coefficient (Wildman–Crippen LogP) is 5.75. The average molecular weight is 497 g/mol. The fourth-order valence-corrected chi connectivity index (χ4v) is 9.95. The molecule has 1 N–H and O–H groups in total. The Morgan fingerprint density at radius 3 is 1.77 bits per heavy atom. The Morgan fingerprint density at radius 1 is 0.829 bits per heavy atom. The van der Waals surface area contributed by atoms with Crippen molar-refractivity contribution in [2.45, 2.75) is 102 Å². The molecule has 0 radical (unpaired) electrons. The van der Waals surface area contributed by atoms with Crippen LogP contribution in [-0.4, -0.2) is 38.2 Å². The Morgan fingerprint density at radius 2 is 1.31 bits per heavy atom. The third-order valence-electron chi connectivity index (χ3n) is 7.21. The van der Waals surface area contributed by atoms with Gasteiger partial charge in [-0.15, -0.1) is 0 Å². The molecule has 0 saturated carbocycles. The van der Waals surface area contributed by atoms with Crippen LogP contribution in [0.25, 0.3) is 0 Å². The Kier molecular flexibility index (Phi) is 10.6. The van der Waals surface area contributed by atoms with Gasteiger partial charge in [0, 0.05) is 6.61 Å². The lowest BCUT2D eigenvalue weighted by Crippen LogP contribution is -2.66. The summed E-state index contributed by atoms with van der Waals surface area (Å²) < 4.78 is 12.1. The van der Waals surface area contributed by atoms with Gasteiger partial charge >= 0.3 is 5.97 Å². The number of rotatable bonds is 14. The third kappa shape index (κ3) is 7.52. The zero-order valence-electron chi connectivity index (χ0n) is 21.9. The fourth-order valence-electron chi connectivity index (χ4n) is 5.34. The van der Waals surface area contributed by atoms with Crippen LogP contribution in [0.5, 0.6) is 0 Å². The number of hydrogen-bond acceptors (Lipinski definition) is 4. The molecule has 1 saturated heterocycles. The molecule has 192 valence electrons. The SMILES string of the molecule is CC(C)(C)[Si](OCCCCCCCCCC[C@@H]1OC(=O)C[C@@H]1O)(c1ccccc1)c1ccccc1. The summed E-state index contributed by atoms with van der Waals surface area (Å²) in [7, 11) is -2.41. The molecule has 0 bridgehead atoms. The molecule has 1 aliphatic rings. The van der Waals surface area contributed by atoms with Gasteiger partial charge in [-0.1, -0.05) is 120 Å². The summed E-state index contributed by atoms with van der Waals surface area (Å²) in [4.78, 5) is 11.2. The Balaban J connectivity index is 1.40. The summed E-state index contributed by atoms with van der Waals surface area (Å²) in [6.07, 6.45) is 9.43. The number of carbonyl (C=O) groups excluding carboxylic acids is 1. The highest BCUT2D eigenvalue weighted by Crippen LogP contribution is 2.36. The number of esters is 1. The van der Waals surface area contributed by atoms with E-state index < -0.39 is 14.4 Å². The molecular formula is C30H44O4Si. The first-order valence-electron chi connectivity index (χ1n) is 13.5. The number of unbranched alkanes of at least 4 members (excludes halogenated alkanes) is 7. The van der Waals surface area contributed by atoms with Gasteiger partial charge in [0.2, 0.25) is 0 Å². The second-order valence-electron chi connectivity index (χ2n) is 10.9. The molecule has 2 atom stereocenters. The summed E-state index contributed by atoms with van der Waals surface area (Å²) in [6, 6.07) is 21.7. The number of aliphatic hydroxyl groups excluding tert-OH is 1. The summed E-state index contributed by atoms with van der Waals surface area (Å²) >= 11 is 0. The predicted molar refractivity (Wildman–Crippen MR) is 146 cm³/mol. The molecule has 1 heterocycles. The van der Waals surface area contributed by atoms with E-state index in [-0.39, 0.29) is 23.5 Å². The summed E-state index contributed by atoms with van der Waals surface area (Å²) in [5.74, 6) is -0.263. The molecular weight excluding hydrogens is 452 g/mol. The quantitative estimate of drug-likeness (QED) is 0.206. The Hall–Kier alpha value is -1.95. The van der Waals surface area contributed by atoms with Gasteiger partial charge < -0.3 is 14.3 Å². The van der Waals surface area contributed by atoms with Crippen LogP contribution in [0.1, 0.15) is 85.0 Å². The van der Waals surface area contributed by atoms with Crippen molar-refractivity contribution in [3.8, 4) is 0 Å². The monoisotopic (exact) mass is 496 g/mol. The number of hydrogen-bond donors (Lipinski definition) is 1. The van der Waals surface area contributed by atoms with Crippen LogP contribution in [-0.2, 0) is 14.0 Å². The van der Waals surface area contributed by atoms with E-state index in [0.717, 1.165) is 32.3 Å². The molecule has 1 aliphatic heterocycles. The zero-order chi connectivity index (χ0) is 25.2. The van der Waals surface area contributed by atoms with Crippen molar-refractivity contribution in [3.05, 3.63) is 60.7 Å². The maximum absolute atomic E-state index is 11.2. The van der Waals surface area contributed by atoms with Crippen LogP contribution >= 0.6 is 0 Å². The molecule has 0 aliphatic carbocycles. The summed E-state index contributed by atoms with van der Waals surface area (Å²) in [5.41, 5.74) is 0. The lowest BCUT2D eigenvalue weighted by Gasteiger charge is -2.43. The molecule has 2 aromatic carbocycles. The van der Waals surface area contributed by atoms with Crippen molar-refractivity contribution in [3.63, 3.8) is 0 Å². The van der Waals surface area contributed by atoms with Gasteiger partial charge in [-0.05, 0) is 34.7 Å². The number of carbonyl (C=O) groups is 1. The molecule has 0 spiro atoms. The topological polar surface area (TPSA) is 55.8 Å². The van der Waals surface area contributed by atoms with Gasteiger partial charge in [-0.25, -0.2) is 0 Å². The minimum atomic E-state index is -2.41. The highest BCUT2D eigenvalue weighted by atomic mass is 28.4. The van der Waals surface area contributed by atoms with E-state index in [0.29, 0.717) is 0 Å². The van der Waals surface area contributed by atoms with E-state index in [1.165, 1.54) is 42.5 Å². The lowest BCUT2D eigenvalue weighted by molar-refractivity contribution is -0.142. The number of ether oxygens (including phenoxy) is 1. The highest BCUT2D eigenvalue weighted by molar-refractivity contribution is 6.99. The van der Waals surface area contributed by atoms with Gasteiger partial charge in [-0.3, -0.25) is 4.79 Å². The molecule has 35 heavy (non-hydrogen) atoms. The Labute approximate surface area is 213 Å². The van der Waals surface area contributed by atoms with Crippen molar-refractivity contribution < 1.29 is 19.1 Å². The first kappa shape index (κ1) is 27.6. The molecule has 0 unspecified atom stereocenters. The lowest BCUT2D eigenvalue weighted by atomic mass is 10.0. The Bertz CT molecular complexity index is 839. The maximum Gasteiger partial charge on any atom is 0.308 e. The number of aliphatic hydroxyl groups is 1. The maximum atomic E-state index is 11.2. The van der Waals surface area contributed by atoms with Gasteiger partial charge in [0.15, 0.2) is 0 Å². The molecule has 4 nitrogen and oxygen atoms in total. The molecule has 1 fully saturated rings. The minimum absolute atomic E-state index is 0.0303. The van der Waals surface area contributed by atoms with Crippen molar-refractivity contribution in [1.82, 2.24) is 0 Å². The van der Waals surface area contributed by atoms with Crippen LogP contribution < -0.4 is 10.4 Å². The van der Waals surface area contributed by atoms with Crippen LogP contribution in [0, 0.1) is 0 Å². The largest absolute Gasteiger partial charge is 0.460 e. The second-order valence-corrected chi connectivity index (χ2v) is 15.2. The first-order valence-corrected chi connectivity index (χ1v) is 15.4.